The monoisotopic (exact) mass is 510 g/mol. The van der Waals surface area contributed by atoms with Crippen LogP contribution in [0.1, 0.15) is 12.8 Å². The van der Waals surface area contributed by atoms with E-state index in [1.807, 2.05) is 0 Å². The summed E-state index contributed by atoms with van der Waals surface area (Å²) in [6, 6.07) is 6.55. The van der Waals surface area contributed by atoms with Crippen molar-refractivity contribution in [2.45, 2.75) is 34.5 Å². The smallest absolute Gasteiger partial charge is 0.266 e. The van der Waals surface area contributed by atoms with Crippen LogP contribution in [0.5, 0.6) is 0 Å². The first kappa shape index (κ1) is 22.8. The van der Waals surface area contributed by atoms with Crippen molar-refractivity contribution in [1.29, 1.82) is 0 Å². The molecular formula is C19H18N4O5S4. The largest absolute Gasteiger partial charge is 0.305 e. The number of thiophene rings is 1. The fourth-order valence-corrected chi connectivity index (χ4v) is 7.99. The highest BCUT2D eigenvalue weighted by molar-refractivity contribution is 7.91. The van der Waals surface area contributed by atoms with Gasteiger partial charge in [-0.25, -0.2) is 22.0 Å². The maximum Gasteiger partial charge on any atom is 0.266 e. The van der Waals surface area contributed by atoms with Gasteiger partial charge in [0.05, 0.1) is 21.7 Å². The number of nitrogens with zero attached hydrogens (tertiary/aromatic N) is 3. The second kappa shape index (κ2) is 8.54. The summed E-state index contributed by atoms with van der Waals surface area (Å²) in [5.74, 6) is 1.90. The van der Waals surface area contributed by atoms with Crippen LogP contribution in [-0.2, 0) is 31.4 Å². The van der Waals surface area contributed by atoms with Crippen molar-refractivity contribution < 1.29 is 21.6 Å². The normalized spacial score (nSPS) is 18.2. The minimum Gasteiger partial charge on any atom is -0.305 e. The van der Waals surface area contributed by atoms with E-state index in [1.165, 1.54) is 22.5 Å². The third kappa shape index (κ3) is 4.17. The zero-order valence-electron chi connectivity index (χ0n) is 16.5. The van der Waals surface area contributed by atoms with Crippen molar-refractivity contribution in [3.63, 3.8) is 0 Å². The molecule has 1 aliphatic rings. The Labute approximate surface area is 192 Å². The molecule has 1 atom stereocenters. The maximum absolute atomic E-state index is 13.1. The molecule has 3 aromatic rings. The van der Waals surface area contributed by atoms with Gasteiger partial charge in [0.1, 0.15) is 10.3 Å². The van der Waals surface area contributed by atoms with Crippen LogP contribution in [0.25, 0.3) is 10.2 Å². The maximum atomic E-state index is 13.1. The van der Waals surface area contributed by atoms with Crippen molar-refractivity contribution >= 4 is 58.8 Å². The first-order valence-corrected chi connectivity index (χ1v) is 14.0. The number of carbonyl (C=O) groups excluding carboxylic acids is 1. The lowest BCUT2D eigenvalue weighted by Gasteiger charge is -2.20. The molecule has 0 saturated carbocycles. The molecule has 0 aliphatic carbocycles. The molecular weight excluding hydrogens is 493 g/mol. The van der Waals surface area contributed by atoms with Crippen LogP contribution in [0.2, 0.25) is 0 Å². The van der Waals surface area contributed by atoms with Gasteiger partial charge in [-0.1, -0.05) is 23.3 Å². The van der Waals surface area contributed by atoms with E-state index in [-0.39, 0.29) is 27.0 Å². The van der Waals surface area contributed by atoms with Gasteiger partial charge in [0, 0.05) is 6.54 Å². The number of aromatic nitrogens is 1. The third-order valence-electron chi connectivity index (χ3n) is 4.98. The summed E-state index contributed by atoms with van der Waals surface area (Å²) >= 11 is 2.18. The number of terminal acetylenes is 1. The summed E-state index contributed by atoms with van der Waals surface area (Å²) in [4.78, 5) is 17.4. The highest BCUT2D eigenvalue weighted by atomic mass is 32.2. The molecule has 1 saturated heterocycles. The first-order chi connectivity index (χ1) is 15.1. The summed E-state index contributed by atoms with van der Waals surface area (Å²) in [7, 11) is -7.70. The number of primary sulfonamides is 1. The van der Waals surface area contributed by atoms with Gasteiger partial charge in [0.25, 0.3) is 15.9 Å². The van der Waals surface area contributed by atoms with E-state index in [1.54, 1.807) is 22.1 Å². The number of rotatable bonds is 5. The molecule has 1 amide bonds. The molecule has 1 fully saturated rings. The molecule has 32 heavy (non-hydrogen) atoms. The molecule has 4 rings (SSSR count). The number of carbonyl (C=O) groups is 1. The fraction of sp³-hybridized carbons (Fsp3) is 0.263. The summed E-state index contributed by atoms with van der Waals surface area (Å²) in [6.45, 7) is 0.337. The van der Waals surface area contributed by atoms with Gasteiger partial charge < -0.3 is 4.57 Å². The minimum absolute atomic E-state index is 0.0685. The van der Waals surface area contributed by atoms with Crippen LogP contribution in [0.4, 0.5) is 0 Å². The molecule has 168 valence electrons. The molecule has 0 spiro atoms. The topological polar surface area (TPSA) is 132 Å². The van der Waals surface area contributed by atoms with Crippen LogP contribution in [0, 0.1) is 12.3 Å². The van der Waals surface area contributed by atoms with Crippen molar-refractivity contribution in [2.24, 2.45) is 10.1 Å². The molecule has 1 aliphatic heterocycles. The summed E-state index contributed by atoms with van der Waals surface area (Å²) < 4.78 is 52.8. The van der Waals surface area contributed by atoms with Crippen LogP contribution < -0.4 is 9.94 Å². The quantitative estimate of drug-likeness (QED) is 0.517. The van der Waals surface area contributed by atoms with Gasteiger partial charge in [-0.15, -0.1) is 17.8 Å². The van der Waals surface area contributed by atoms with E-state index in [0.717, 1.165) is 22.7 Å². The Morgan fingerprint density at radius 1 is 1.28 bits per heavy atom. The SMILES string of the molecule is C#CCn1c(=NC(=O)C2CCCN2S(=O)(=O)c2cccs2)sc2cc(S(N)(=O)=O)ccc21. The summed E-state index contributed by atoms with van der Waals surface area (Å²) in [5, 5.41) is 6.88. The van der Waals surface area contributed by atoms with Gasteiger partial charge in [-0.3, -0.25) is 4.79 Å². The Morgan fingerprint density at radius 2 is 2.06 bits per heavy atom. The third-order valence-corrected chi connectivity index (χ3v) is 10.2. The number of fused-ring (bicyclic) bond motifs is 1. The molecule has 1 unspecified atom stereocenters. The Morgan fingerprint density at radius 3 is 2.72 bits per heavy atom. The van der Waals surface area contributed by atoms with Crippen molar-refractivity contribution in [1.82, 2.24) is 8.87 Å². The molecule has 0 bridgehead atoms. The molecule has 2 N–H and O–H groups in total. The zero-order valence-corrected chi connectivity index (χ0v) is 19.8. The number of amides is 1. The first-order valence-electron chi connectivity index (χ1n) is 9.36. The predicted molar refractivity (Wildman–Crippen MR) is 122 cm³/mol. The summed E-state index contributed by atoms with van der Waals surface area (Å²) in [6.07, 6.45) is 6.38. The lowest BCUT2D eigenvalue weighted by atomic mass is 10.2. The Hall–Kier alpha value is -2.34. The van der Waals surface area contributed by atoms with Crippen molar-refractivity contribution in [3.8, 4) is 12.3 Å². The van der Waals surface area contributed by atoms with E-state index in [4.69, 9.17) is 11.6 Å². The number of benzene rings is 1. The number of sulfonamides is 2. The molecule has 0 radical (unpaired) electrons. The average molecular weight is 511 g/mol. The number of hydrogen-bond donors (Lipinski definition) is 1. The van der Waals surface area contributed by atoms with Gasteiger partial charge in [-0.05, 0) is 42.5 Å². The zero-order chi connectivity index (χ0) is 23.1. The fourth-order valence-electron chi connectivity index (χ4n) is 3.53. The Balaban J connectivity index is 1.77. The van der Waals surface area contributed by atoms with Crippen LogP contribution in [-0.4, -0.2) is 44.2 Å². The lowest BCUT2D eigenvalue weighted by Crippen LogP contribution is -2.40. The van der Waals surface area contributed by atoms with E-state index in [0.29, 0.717) is 23.1 Å². The highest BCUT2D eigenvalue weighted by Gasteiger charge is 2.40. The molecule has 9 nitrogen and oxygen atoms in total. The molecule has 2 aromatic heterocycles. The lowest BCUT2D eigenvalue weighted by molar-refractivity contribution is -0.121. The molecule has 1 aromatic carbocycles. The van der Waals surface area contributed by atoms with E-state index in [2.05, 4.69) is 10.9 Å². The van der Waals surface area contributed by atoms with Gasteiger partial charge in [0.2, 0.25) is 10.0 Å². The Bertz CT molecular complexity index is 1510. The van der Waals surface area contributed by atoms with Crippen molar-refractivity contribution in [2.75, 3.05) is 6.54 Å². The average Bonchev–Trinajstić information content (AvgIpc) is 3.48. The van der Waals surface area contributed by atoms with Crippen molar-refractivity contribution in [3.05, 3.63) is 40.5 Å². The minimum atomic E-state index is -3.90. The standard InChI is InChI=1S/C19H18N4O5S4/c1-2-9-22-14-8-7-13(31(20,25)26)12-16(14)30-19(22)21-18(24)15-5-3-10-23(15)32(27,28)17-6-4-11-29-17/h1,4,6-8,11-12,15H,3,5,9-10H2,(H2,20,25,26). The second-order valence-corrected chi connectivity index (χ2v) is 12.6. The van der Waals surface area contributed by atoms with Crippen LogP contribution in [0.15, 0.2) is 49.8 Å². The number of nitrogens with two attached hydrogens (primary N) is 1. The number of hydrogen-bond acceptors (Lipinski definition) is 7. The molecule has 13 heteroatoms. The second-order valence-electron chi connectivity index (χ2n) is 7.01. The van der Waals surface area contributed by atoms with E-state index < -0.39 is 32.0 Å². The van der Waals surface area contributed by atoms with Crippen LogP contribution in [0.3, 0.4) is 0 Å². The molecule has 3 heterocycles. The van der Waals surface area contributed by atoms with E-state index in [9.17, 15) is 21.6 Å². The summed E-state index contributed by atoms with van der Waals surface area (Å²) in [5.41, 5.74) is 0.599. The van der Waals surface area contributed by atoms with Crippen LogP contribution >= 0.6 is 22.7 Å². The predicted octanol–water partition coefficient (Wildman–Crippen LogP) is 1.33. The van der Waals surface area contributed by atoms with E-state index >= 15 is 0 Å². The van der Waals surface area contributed by atoms with Gasteiger partial charge in [0.15, 0.2) is 4.80 Å². The highest BCUT2D eigenvalue weighted by Crippen LogP contribution is 2.29. The number of thiazole rings is 1. The van der Waals surface area contributed by atoms with Gasteiger partial charge in [-0.2, -0.15) is 9.30 Å². The van der Waals surface area contributed by atoms with Gasteiger partial charge >= 0.3 is 0 Å². The Kier molecular flexibility index (Phi) is 6.10.